The number of aliphatic hydroxyl groups is 1. The van der Waals surface area contributed by atoms with E-state index in [2.05, 4.69) is 20.9 Å². The number of primary amides is 1. The lowest BCUT2D eigenvalue weighted by Crippen LogP contribution is -2.57. The van der Waals surface area contributed by atoms with Crippen LogP contribution in [0.2, 0.25) is 0 Å². The van der Waals surface area contributed by atoms with Crippen LogP contribution in [0.3, 0.4) is 0 Å². The van der Waals surface area contributed by atoms with E-state index in [1.807, 2.05) is 119 Å². The SMILES string of the molecule is Cc1ncsc1-c1ccc(CNC(=O)[C@H]2C[C@H](O)CN2C(=O)[C@H](NC(=O)CCc2ccc3cc(CO[C@H](C)[C@H](CCC(N)=O)NC(=O)[C@@H]4Cc5cccc6c5N4C(=O)CCC6)ccc3c2)C(C)(C)C)cc1. The summed E-state index contributed by atoms with van der Waals surface area (Å²) in [7, 11) is 0. The van der Waals surface area contributed by atoms with Crippen molar-refractivity contribution < 1.29 is 38.6 Å². The number of amides is 6. The molecule has 1 aromatic heterocycles. The minimum atomic E-state index is -0.938. The number of hydrogen-bond acceptors (Lipinski definition) is 10. The molecule has 4 aromatic carbocycles. The fraction of sp³-hybridized carbons (Fsp3) is 0.436. The molecule has 71 heavy (non-hydrogen) atoms. The van der Waals surface area contributed by atoms with Crippen LogP contribution in [0.4, 0.5) is 5.69 Å². The zero-order chi connectivity index (χ0) is 50.6. The van der Waals surface area contributed by atoms with E-state index < -0.39 is 53.6 Å². The van der Waals surface area contributed by atoms with Gasteiger partial charge in [-0.2, -0.15) is 0 Å². The fourth-order valence-corrected chi connectivity index (χ4v) is 10.9. The van der Waals surface area contributed by atoms with Crippen LogP contribution < -0.4 is 26.6 Å². The van der Waals surface area contributed by atoms with E-state index in [9.17, 15) is 33.9 Å². The lowest BCUT2D eigenvalue weighted by atomic mass is 9.85. The van der Waals surface area contributed by atoms with E-state index in [4.69, 9.17) is 10.5 Å². The number of ether oxygens (including phenoxy) is 1. The first-order valence-electron chi connectivity index (χ1n) is 24.6. The highest BCUT2D eigenvalue weighted by Crippen LogP contribution is 2.39. The van der Waals surface area contributed by atoms with Crippen molar-refractivity contribution in [1.29, 1.82) is 0 Å². The minimum Gasteiger partial charge on any atom is -0.391 e. The number of β-amino-alcohol motifs (C(OH)–C–C–N with tert-alkyl or cyclic N) is 1. The maximum Gasteiger partial charge on any atom is 0.246 e. The summed E-state index contributed by atoms with van der Waals surface area (Å²) in [6.07, 6.45) is 1.93. The summed E-state index contributed by atoms with van der Waals surface area (Å²) in [6.45, 7) is 9.89. The van der Waals surface area contributed by atoms with Gasteiger partial charge in [0, 0.05) is 45.2 Å². The van der Waals surface area contributed by atoms with Crippen LogP contribution in [-0.2, 0) is 65.9 Å². The molecule has 0 radical (unpaired) electrons. The van der Waals surface area contributed by atoms with Crippen LogP contribution in [0, 0.1) is 12.3 Å². The van der Waals surface area contributed by atoms with Crippen LogP contribution in [0.1, 0.15) is 99.7 Å². The van der Waals surface area contributed by atoms with E-state index in [0.29, 0.717) is 19.3 Å². The Labute approximate surface area is 418 Å². The van der Waals surface area contributed by atoms with Crippen LogP contribution in [-0.4, -0.2) is 93.4 Å². The van der Waals surface area contributed by atoms with Crippen molar-refractivity contribution in [3.05, 3.63) is 118 Å². The summed E-state index contributed by atoms with van der Waals surface area (Å²) < 4.78 is 6.33. The molecular weight excluding hydrogens is 919 g/mol. The van der Waals surface area contributed by atoms with Gasteiger partial charge < -0.3 is 36.4 Å². The summed E-state index contributed by atoms with van der Waals surface area (Å²) in [5, 5.41) is 21.6. The number of carbonyl (C=O) groups excluding carboxylic acids is 6. The lowest BCUT2D eigenvalue weighted by molar-refractivity contribution is -0.144. The van der Waals surface area contributed by atoms with Crippen molar-refractivity contribution in [1.82, 2.24) is 25.8 Å². The number of nitrogens with one attached hydrogen (secondary N) is 3. The summed E-state index contributed by atoms with van der Waals surface area (Å²) in [5.74, 6) is -1.92. The third-order valence-electron chi connectivity index (χ3n) is 14.0. The Hall–Kier alpha value is -6.49. The predicted molar refractivity (Wildman–Crippen MR) is 273 cm³/mol. The topological polar surface area (TPSA) is 213 Å². The van der Waals surface area contributed by atoms with Crippen molar-refractivity contribution >= 4 is 63.2 Å². The summed E-state index contributed by atoms with van der Waals surface area (Å²) >= 11 is 1.57. The van der Waals surface area contributed by atoms with Crippen LogP contribution in [0.25, 0.3) is 21.2 Å². The molecule has 6 atom stereocenters. The molecule has 3 aliphatic rings. The molecule has 8 rings (SSSR count). The molecule has 3 aliphatic heterocycles. The number of aliphatic hydroxyl groups excluding tert-OH is 1. The quantitative estimate of drug-likeness (QED) is 0.0700. The Morgan fingerprint density at radius 2 is 1.59 bits per heavy atom. The number of anilines is 1. The minimum absolute atomic E-state index is 0.0120. The summed E-state index contributed by atoms with van der Waals surface area (Å²) in [6, 6.07) is 22.8. The molecule has 5 aromatic rings. The van der Waals surface area contributed by atoms with Gasteiger partial charge in [0.05, 0.1) is 46.6 Å². The molecule has 4 heterocycles. The number of rotatable bonds is 18. The standard InChI is InChI=1S/C55H65N7O8S/c1-32-50(71-31-58-32)38-17-13-35(14-18-38)28-57-52(67)44-27-42(63)29-61(44)54(69)51(55(3,4)5)60-47(65)23-16-34-12-19-40-25-36(15-20-39(40)24-34)30-70-33(2)43(21-22-46(56)64)59-53(68)45-26-41-10-6-8-37-9-7-11-48(66)62(45)49(37)41/h6,8,10,12-15,17-20,24-25,31,33,42-45,51,63H,7,9,11,16,21-23,26-30H2,1-5H3,(H2,56,64)(H,57,67)(H,59,68)(H,60,65)/t33-,42+,43+,44-,45+,51+/m1/s1. The number of para-hydroxylation sites is 1. The number of carbonyl (C=O) groups is 6. The highest BCUT2D eigenvalue weighted by atomic mass is 32.1. The van der Waals surface area contributed by atoms with Gasteiger partial charge >= 0.3 is 0 Å². The molecule has 0 unspecified atom stereocenters. The second-order valence-electron chi connectivity index (χ2n) is 20.4. The number of fused-ring (bicyclic) bond motifs is 1. The van der Waals surface area contributed by atoms with Crippen molar-refractivity contribution in [3.63, 3.8) is 0 Å². The maximum absolute atomic E-state index is 14.2. The zero-order valence-electron chi connectivity index (χ0n) is 41.2. The highest BCUT2D eigenvalue weighted by molar-refractivity contribution is 7.13. The first-order chi connectivity index (χ1) is 33.9. The number of nitrogens with zero attached hydrogens (tertiary/aromatic N) is 3. The molecule has 6 amide bonds. The summed E-state index contributed by atoms with van der Waals surface area (Å²) in [5.41, 5.74) is 14.3. The molecule has 1 fully saturated rings. The lowest BCUT2D eigenvalue weighted by Gasteiger charge is -2.35. The van der Waals surface area contributed by atoms with Gasteiger partial charge in [-0.3, -0.25) is 33.7 Å². The van der Waals surface area contributed by atoms with E-state index in [-0.39, 0.29) is 69.0 Å². The second-order valence-corrected chi connectivity index (χ2v) is 21.2. The van der Waals surface area contributed by atoms with E-state index in [1.54, 1.807) is 16.2 Å². The highest BCUT2D eigenvalue weighted by Gasteiger charge is 2.45. The monoisotopic (exact) mass is 983 g/mol. The number of likely N-dealkylation sites (tertiary alicyclic amines) is 1. The molecule has 1 saturated heterocycles. The molecular formula is C55H65N7O8S. The normalized spacial score (nSPS) is 18.9. The van der Waals surface area contributed by atoms with Gasteiger partial charge in [0.2, 0.25) is 35.4 Å². The number of aryl methyl sites for hydroxylation is 3. The van der Waals surface area contributed by atoms with Gasteiger partial charge in [0.1, 0.15) is 18.1 Å². The van der Waals surface area contributed by atoms with E-state index in [1.165, 1.54) is 4.90 Å². The Kier molecular flexibility index (Phi) is 15.7. The largest absolute Gasteiger partial charge is 0.391 e. The average Bonchev–Trinajstić information content (AvgIpc) is 4.05. The van der Waals surface area contributed by atoms with E-state index >= 15 is 0 Å². The Bertz CT molecular complexity index is 2800. The van der Waals surface area contributed by atoms with Crippen molar-refractivity contribution in [2.24, 2.45) is 11.1 Å². The van der Waals surface area contributed by atoms with Crippen LogP contribution in [0.15, 0.2) is 84.4 Å². The number of nitrogens with two attached hydrogens (primary N) is 1. The van der Waals surface area contributed by atoms with Crippen LogP contribution in [0.5, 0.6) is 0 Å². The van der Waals surface area contributed by atoms with E-state index in [0.717, 1.165) is 73.3 Å². The Morgan fingerprint density at radius 1 is 0.887 bits per heavy atom. The molecule has 16 heteroatoms. The number of aromatic nitrogens is 1. The van der Waals surface area contributed by atoms with Crippen molar-refractivity contribution in [2.75, 3.05) is 11.4 Å². The maximum atomic E-state index is 14.2. The fourth-order valence-electron chi connectivity index (χ4n) is 10.0. The number of hydrogen-bond donors (Lipinski definition) is 5. The first kappa shape index (κ1) is 50.9. The average molecular weight is 984 g/mol. The van der Waals surface area contributed by atoms with Gasteiger partial charge in [-0.1, -0.05) is 93.6 Å². The van der Waals surface area contributed by atoms with Gasteiger partial charge in [0.15, 0.2) is 0 Å². The van der Waals surface area contributed by atoms with Gasteiger partial charge in [-0.15, -0.1) is 11.3 Å². The Balaban J connectivity index is 0.840. The molecule has 0 spiro atoms. The first-order valence-corrected chi connectivity index (χ1v) is 25.5. The van der Waals surface area contributed by atoms with Gasteiger partial charge in [-0.05, 0) is 95.2 Å². The van der Waals surface area contributed by atoms with Crippen LogP contribution >= 0.6 is 11.3 Å². The van der Waals surface area contributed by atoms with Crippen molar-refractivity contribution in [3.8, 4) is 10.4 Å². The number of benzene rings is 4. The molecule has 0 aliphatic carbocycles. The second kappa shape index (κ2) is 21.9. The van der Waals surface area contributed by atoms with Gasteiger partial charge in [-0.25, -0.2) is 4.98 Å². The molecule has 0 saturated carbocycles. The smallest absolute Gasteiger partial charge is 0.246 e. The van der Waals surface area contributed by atoms with Crippen molar-refractivity contribution in [2.45, 2.75) is 142 Å². The van der Waals surface area contributed by atoms with Gasteiger partial charge in [0.25, 0.3) is 0 Å². The molecule has 15 nitrogen and oxygen atoms in total. The third-order valence-corrected chi connectivity index (χ3v) is 15.0. The summed E-state index contributed by atoms with van der Waals surface area (Å²) in [4.78, 5) is 88.9. The predicted octanol–water partition coefficient (Wildman–Crippen LogP) is 5.96. The Morgan fingerprint density at radius 3 is 2.30 bits per heavy atom. The molecule has 6 N–H and O–H groups in total. The number of thiazole rings is 1. The molecule has 374 valence electrons. The third kappa shape index (κ3) is 12.0. The molecule has 0 bridgehead atoms. The zero-order valence-corrected chi connectivity index (χ0v) is 42.0.